The molecule has 2 aromatic rings. The molecule has 0 saturated carbocycles. The van der Waals surface area contributed by atoms with Crippen LogP contribution >= 0.6 is 15.9 Å². The van der Waals surface area contributed by atoms with E-state index in [2.05, 4.69) is 40.0 Å². The molecule has 1 heterocycles. The lowest BCUT2D eigenvalue weighted by Crippen LogP contribution is -2.05. The predicted octanol–water partition coefficient (Wildman–Crippen LogP) is 2.88. The Morgan fingerprint density at radius 1 is 1.42 bits per heavy atom. The van der Waals surface area contributed by atoms with Gasteiger partial charge in [-0.2, -0.15) is 0 Å². The molecule has 19 heavy (non-hydrogen) atoms. The van der Waals surface area contributed by atoms with E-state index in [4.69, 9.17) is 10.5 Å². The fourth-order valence-corrected chi connectivity index (χ4v) is 2.83. The number of benzene rings is 1. The average molecular weight is 324 g/mol. The molecule has 0 bridgehead atoms. The van der Waals surface area contributed by atoms with Crippen LogP contribution in [0.25, 0.3) is 11.3 Å². The van der Waals surface area contributed by atoms with Crippen molar-refractivity contribution >= 4 is 15.9 Å². The number of hydrogen-bond donors (Lipinski definition) is 1. The van der Waals surface area contributed by atoms with Crippen molar-refractivity contribution in [2.75, 3.05) is 7.11 Å². The first-order valence-corrected chi connectivity index (χ1v) is 7.00. The van der Waals surface area contributed by atoms with Crippen molar-refractivity contribution in [3.63, 3.8) is 0 Å². The fourth-order valence-electron chi connectivity index (χ4n) is 2.14. The van der Waals surface area contributed by atoms with E-state index >= 15 is 0 Å². The van der Waals surface area contributed by atoms with E-state index < -0.39 is 0 Å². The average Bonchev–Trinajstić information content (AvgIpc) is 2.72. The number of ether oxygens (including phenoxy) is 1. The molecule has 0 fully saturated rings. The number of nitrogens with two attached hydrogens (primary N) is 1. The highest BCUT2D eigenvalue weighted by atomic mass is 79.9. The van der Waals surface area contributed by atoms with E-state index in [9.17, 15) is 0 Å². The molecule has 0 radical (unpaired) electrons. The second-order valence-electron chi connectivity index (χ2n) is 4.32. The Morgan fingerprint density at radius 3 is 2.68 bits per heavy atom. The third kappa shape index (κ3) is 2.53. The highest BCUT2D eigenvalue weighted by Crippen LogP contribution is 2.35. The van der Waals surface area contributed by atoms with Crippen molar-refractivity contribution in [1.29, 1.82) is 0 Å². The third-order valence-corrected chi connectivity index (χ3v) is 3.81. The van der Waals surface area contributed by atoms with Crippen molar-refractivity contribution in [3.8, 4) is 17.0 Å². The first kappa shape index (κ1) is 14.1. The van der Waals surface area contributed by atoms with E-state index in [0.717, 1.165) is 33.9 Å². The topological polar surface area (TPSA) is 53.1 Å². The minimum Gasteiger partial charge on any atom is -0.496 e. The van der Waals surface area contributed by atoms with Gasteiger partial charge in [-0.25, -0.2) is 4.98 Å². The number of hydrogen-bond acceptors (Lipinski definition) is 3. The Bertz CT molecular complexity index is 593. The summed E-state index contributed by atoms with van der Waals surface area (Å²) in [5.74, 6) is 1.68. The smallest absolute Gasteiger partial charge is 0.132 e. The van der Waals surface area contributed by atoms with Gasteiger partial charge in [-0.05, 0) is 40.0 Å². The lowest BCUT2D eigenvalue weighted by atomic mass is 10.1. The third-order valence-electron chi connectivity index (χ3n) is 3.26. The Kier molecular flexibility index (Phi) is 4.27. The highest BCUT2D eigenvalue weighted by molar-refractivity contribution is 9.10. The monoisotopic (exact) mass is 323 g/mol. The van der Waals surface area contributed by atoms with Gasteiger partial charge in [-0.15, -0.1) is 0 Å². The molecule has 0 aliphatic carbocycles. The Balaban J connectivity index is 2.66. The van der Waals surface area contributed by atoms with Crippen LogP contribution in [0.4, 0.5) is 0 Å². The summed E-state index contributed by atoms with van der Waals surface area (Å²) >= 11 is 3.51. The summed E-state index contributed by atoms with van der Waals surface area (Å²) in [6.45, 7) is 2.54. The number of methoxy groups -OCH3 is 1. The molecule has 5 heteroatoms. The number of imidazole rings is 1. The minimum absolute atomic E-state index is 0.408. The van der Waals surface area contributed by atoms with Gasteiger partial charge in [0.15, 0.2) is 0 Å². The standard InChI is InChI=1S/C14H18BrN3O/c1-4-9-5-6-11(19-3)10(7-9)13-14(15)17-12(8-16)18(13)2/h5-7H,4,8,16H2,1-3H3. The lowest BCUT2D eigenvalue weighted by molar-refractivity contribution is 0.416. The van der Waals surface area contributed by atoms with Crippen LogP contribution in [0.15, 0.2) is 22.8 Å². The summed E-state index contributed by atoms with van der Waals surface area (Å²) < 4.78 is 8.25. The molecular weight excluding hydrogens is 306 g/mol. The van der Waals surface area contributed by atoms with Gasteiger partial charge in [0.1, 0.15) is 16.2 Å². The van der Waals surface area contributed by atoms with Crippen LogP contribution in [0.3, 0.4) is 0 Å². The summed E-state index contributed by atoms with van der Waals surface area (Å²) in [6.07, 6.45) is 0.982. The zero-order valence-corrected chi connectivity index (χ0v) is 13.0. The Morgan fingerprint density at radius 2 is 2.16 bits per heavy atom. The second-order valence-corrected chi connectivity index (χ2v) is 5.07. The molecule has 102 valence electrons. The van der Waals surface area contributed by atoms with E-state index in [1.165, 1.54) is 5.56 Å². The lowest BCUT2D eigenvalue weighted by Gasteiger charge is -2.12. The molecule has 2 N–H and O–H groups in total. The van der Waals surface area contributed by atoms with E-state index in [1.54, 1.807) is 7.11 Å². The van der Waals surface area contributed by atoms with Gasteiger partial charge in [0.25, 0.3) is 0 Å². The van der Waals surface area contributed by atoms with Gasteiger partial charge < -0.3 is 15.0 Å². The van der Waals surface area contributed by atoms with Crippen LogP contribution in [-0.2, 0) is 20.0 Å². The predicted molar refractivity (Wildman–Crippen MR) is 80.2 cm³/mol. The van der Waals surface area contributed by atoms with Crippen LogP contribution in [0.1, 0.15) is 18.3 Å². The number of halogens is 1. The van der Waals surface area contributed by atoms with Gasteiger partial charge in [0.2, 0.25) is 0 Å². The number of aromatic nitrogens is 2. The molecule has 2 rings (SSSR count). The van der Waals surface area contributed by atoms with Crippen LogP contribution in [-0.4, -0.2) is 16.7 Å². The molecule has 4 nitrogen and oxygen atoms in total. The summed E-state index contributed by atoms with van der Waals surface area (Å²) in [7, 11) is 3.64. The number of nitrogens with zero attached hydrogens (tertiary/aromatic N) is 2. The van der Waals surface area contributed by atoms with E-state index in [-0.39, 0.29) is 0 Å². The first-order chi connectivity index (χ1) is 9.12. The molecule has 1 aromatic carbocycles. The zero-order chi connectivity index (χ0) is 14.0. The molecule has 0 unspecified atom stereocenters. The molecule has 0 saturated heterocycles. The summed E-state index contributed by atoms with van der Waals surface area (Å²) in [4.78, 5) is 4.44. The molecule has 0 atom stereocenters. The van der Waals surface area contributed by atoms with E-state index in [0.29, 0.717) is 6.54 Å². The Labute approximate surface area is 121 Å². The normalized spacial score (nSPS) is 10.8. The second kappa shape index (κ2) is 5.75. The maximum Gasteiger partial charge on any atom is 0.132 e. The van der Waals surface area contributed by atoms with E-state index in [1.807, 2.05) is 17.7 Å². The van der Waals surface area contributed by atoms with Crippen molar-refractivity contribution in [3.05, 3.63) is 34.2 Å². The fraction of sp³-hybridized carbons (Fsp3) is 0.357. The van der Waals surface area contributed by atoms with Crippen molar-refractivity contribution in [1.82, 2.24) is 9.55 Å². The summed E-state index contributed by atoms with van der Waals surface area (Å²) in [5, 5.41) is 0. The number of rotatable bonds is 4. The van der Waals surface area contributed by atoms with Gasteiger partial charge in [-0.3, -0.25) is 0 Å². The van der Waals surface area contributed by atoms with Gasteiger partial charge in [-0.1, -0.05) is 13.0 Å². The quantitative estimate of drug-likeness (QED) is 0.941. The summed E-state index contributed by atoms with van der Waals surface area (Å²) in [6, 6.07) is 6.22. The highest BCUT2D eigenvalue weighted by Gasteiger charge is 2.17. The first-order valence-electron chi connectivity index (χ1n) is 6.20. The zero-order valence-electron chi connectivity index (χ0n) is 11.4. The summed E-state index contributed by atoms with van der Waals surface area (Å²) in [5.41, 5.74) is 8.99. The largest absolute Gasteiger partial charge is 0.496 e. The molecule has 0 spiro atoms. The number of aryl methyl sites for hydroxylation is 1. The molecule has 0 amide bonds. The van der Waals surface area contributed by atoms with Crippen LogP contribution < -0.4 is 10.5 Å². The maximum absolute atomic E-state index is 5.70. The molecule has 1 aromatic heterocycles. The van der Waals surface area contributed by atoms with Crippen LogP contribution in [0, 0.1) is 0 Å². The molecule has 0 aliphatic heterocycles. The van der Waals surface area contributed by atoms with Gasteiger partial charge in [0.05, 0.1) is 19.3 Å². The van der Waals surface area contributed by atoms with Crippen LogP contribution in [0.2, 0.25) is 0 Å². The van der Waals surface area contributed by atoms with Crippen LogP contribution in [0.5, 0.6) is 5.75 Å². The van der Waals surface area contributed by atoms with Crippen molar-refractivity contribution < 1.29 is 4.74 Å². The Hall–Kier alpha value is -1.33. The van der Waals surface area contributed by atoms with Crippen molar-refractivity contribution in [2.45, 2.75) is 19.9 Å². The van der Waals surface area contributed by atoms with Gasteiger partial charge >= 0.3 is 0 Å². The SMILES string of the molecule is CCc1ccc(OC)c(-c2c(Br)nc(CN)n2C)c1. The van der Waals surface area contributed by atoms with Crippen molar-refractivity contribution in [2.24, 2.45) is 12.8 Å². The molecule has 0 aliphatic rings. The maximum atomic E-state index is 5.70. The van der Waals surface area contributed by atoms with Gasteiger partial charge in [0, 0.05) is 12.6 Å². The minimum atomic E-state index is 0.408. The molecular formula is C14H18BrN3O.